The highest BCUT2D eigenvalue weighted by Crippen LogP contribution is 2.29. The topological polar surface area (TPSA) is 84.9 Å². The fourth-order valence-corrected chi connectivity index (χ4v) is 3.02. The van der Waals surface area contributed by atoms with Gasteiger partial charge in [-0.05, 0) is 24.1 Å². The summed E-state index contributed by atoms with van der Waals surface area (Å²) in [5.41, 5.74) is 0.561. The van der Waals surface area contributed by atoms with Crippen molar-refractivity contribution in [3.63, 3.8) is 0 Å². The molecule has 0 aliphatic rings. The van der Waals surface area contributed by atoms with Crippen molar-refractivity contribution in [2.75, 3.05) is 26.5 Å². The van der Waals surface area contributed by atoms with Crippen LogP contribution in [0.15, 0.2) is 18.2 Å². The molecule has 0 spiro atoms. The molecule has 120 valence electrons. The van der Waals surface area contributed by atoms with Gasteiger partial charge in [0.05, 0.1) is 26.1 Å². The minimum Gasteiger partial charge on any atom is -0.493 e. The molecule has 0 heterocycles. The predicted molar refractivity (Wildman–Crippen MR) is 81.2 cm³/mol. The van der Waals surface area contributed by atoms with E-state index in [0.29, 0.717) is 23.5 Å². The lowest BCUT2D eigenvalue weighted by Crippen LogP contribution is -2.30. The van der Waals surface area contributed by atoms with Crippen LogP contribution in [0.4, 0.5) is 0 Å². The smallest absolute Gasteiger partial charge is 0.211 e. The third-order valence-electron chi connectivity index (χ3n) is 3.06. The Morgan fingerprint density at radius 2 is 1.90 bits per heavy atom. The lowest BCUT2D eigenvalue weighted by Gasteiger charge is -2.15. The van der Waals surface area contributed by atoms with Gasteiger partial charge in [0.25, 0.3) is 0 Å². The molecule has 0 aliphatic carbocycles. The van der Waals surface area contributed by atoms with E-state index in [2.05, 4.69) is 4.72 Å². The summed E-state index contributed by atoms with van der Waals surface area (Å²) in [7, 11) is -0.316. The van der Waals surface area contributed by atoms with Crippen LogP contribution < -0.4 is 14.2 Å². The van der Waals surface area contributed by atoms with Gasteiger partial charge >= 0.3 is 0 Å². The second-order valence-electron chi connectivity index (χ2n) is 4.65. The average Bonchev–Trinajstić information content (AvgIpc) is 2.50. The van der Waals surface area contributed by atoms with Crippen LogP contribution in [0.5, 0.6) is 11.5 Å². The zero-order valence-corrected chi connectivity index (χ0v) is 13.4. The van der Waals surface area contributed by atoms with E-state index in [1.54, 1.807) is 18.2 Å². The van der Waals surface area contributed by atoms with Crippen LogP contribution in [0.2, 0.25) is 0 Å². The van der Waals surface area contributed by atoms with Crippen molar-refractivity contribution in [2.24, 2.45) is 0 Å². The largest absolute Gasteiger partial charge is 0.493 e. The first-order valence-corrected chi connectivity index (χ1v) is 8.46. The van der Waals surface area contributed by atoms with Crippen molar-refractivity contribution in [3.05, 3.63) is 23.8 Å². The molecule has 21 heavy (non-hydrogen) atoms. The number of ether oxygens (including phenoxy) is 2. The number of hydrogen-bond donors (Lipinski definition) is 2. The molecule has 0 fully saturated rings. The molecule has 6 nitrogen and oxygen atoms in total. The minimum atomic E-state index is -3.34. The number of aliphatic hydroxyl groups excluding tert-OH is 1. The van der Waals surface area contributed by atoms with E-state index in [0.717, 1.165) is 6.42 Å². The number of sulfonamides is 1. The van der Waals surface area contributed by atoms with Gasteiger partial charge in [-0.2, -0.15) is 0 Å². The Hall–Kier alpha value is -1.31. The number of hydrogen-bond acceptors (Lipinski definition) is 5. The van der Waals surface area contributed by atoms with E-state index in [9.17, 15) is 13.5 Å². The summed E-state index contributed by atoms with van der Waals surface area (Å²) in [6.45, 7) is 1.86. The van der Waals surface area contributed by atoms with E-state index in [-0.39, 0.29) is 12.3 Å². The molecular formula is C14H23NO5S. The van der Waals surface area contributed by atoms with Gasteiger partial charge in [-0.25, -0.2) is 13.1 Å². The van der Waals surface area contributed by atoms with Gasteiger partial charge in [0.15, 0.2) is 11.5 Å². The fraction of sp³-hybridized carbons (Fsp3) is 0.571. The Kier molecular flexibility index (Phi) is 6.94. The molecule has 7 heteroatoms. The summed E-state index contributed by atoms with van der Waals surface area (Å²) in [4.78, 5) is 0. The lowest BCUT2D eigenvalue weighted by atomic mass is 10.1. The number of aliphatic hydroxyl groups is 1. The molecular weight excluding hydrogens is 294 g/mol. The van der Waals surface area contributed by atoms with Crippen molar-refractivity contribution in [2.45, 2.75) is 25.9 Å². The van der Waals surface area contributed by atoms with Crippen molar-refractivity contribution < 1.29 is 23.0 Å². The van der Waals surface area contributed by atoms with Gasteiger partial charge in [0.1, 0.15) is 0 Å². The third kappa shape index (κ3) is 5.53. The molecule has 0 bridgehead atoms. The van der Waals surface area contributed by atoms with E-state index in [4.69, 9.17) is 9.47 Å². The standard InChI is InChI=1S/C14H23NO5S/c1-4-5-8-21(17,18)15-10-12(16)11-6-7-13(19-2)14(9-11)20-3/h6-7,9,12,15-16H,4-5,8,10H2,1-3H3. The van der Waals surface area contributed by atoms with Crippen LogP contribution in [-0.4, -0.2) is 40.0 Å². The highest BCUT2D eigenvalue weighted by molar-refractivity contribution is 7.89. The van der Waals surface area contributed by atoms with E-state index >= 15 is 0 Å². The molecule has 1 unspecified atom stereocenters. The molecule has 0 saturated carbocycles. The van der Waals surface area contributed by atoms with Gasteiger partial charge in [-0.3, -0.25) is 0 Å². The molecule has 0 saturated heterocycles. The zero-order chi connectivity index (χ0) is 15.9. The van der Waals surface area contributed by atoms with Crippen molar-refractivity contribution >= 4 is 10.0 Å². The van der Waals surface area contributed by atoms with Gasteiger partial charge < -0.3 is 14.6 Å². The van der Waals surface area contributed by atoms with Crippen LogP contribution in [0, 0.1) is 0 Å². The van der Waals surface area contributed by atoms with E-state index < -0.39 is 16.1 Å². The number of unbranched alkanes of at least 4 members (excludes halogenated alkanes) is 1. The second-order valence-corrected chi connectivity index (χ2v) is 6.58. The number of rotatable bonds is 9. The Morgan fingerprint density at radius 1 is 1.24 bits per heavy atom. The molecule has 0 aliphatic heterocycles. The molecule has 0 aromatic heterocycles. The Labute approximate surface area is 126 Å². The third-order valence-corrected chi connectivity index (χ3v) is 4.49. The van der Waals surface area contributed by atoms with Crippen LogP contribution in [0.1, 0.15) is 31.4 Å². The first-order chi connectivity index (χ1) is 9.93. The molecule has 2 N–H and O–H groups in total. The number of methoxy groups -OCH3 is 2. The first kappa shape index (κ1) is 17.7. The Morgan fingerprint density at radius 3 is 2.48 bits per heavy atom. The predicted octanol–water partition coefficient (Wildman–Crippen LogP) is 1.46. The fourth-order valence-electron chi connectivity index (χ4n) is 1.79. The minimum absolute atomic E-state index is 0.0679. The van der Waals surface area contributed by atoms with Gasteiger partial charge in [0.2, 0.25) is 10.0 Å². The summed E-state index contributed by atoms with van der Waals surface area (Å²) in [6.07, 6.45) is 0.460. The maximum atomic E-state index is 11.7. The van der Waals surface area contributed by atoms with Crippen LogP contribution in [-0.2, 0) is 10.0 Å². The summed E-state index contributed by atoms with van der Waals surface area (Å²) >= 11 is 0. The highest BCUT2D eigenvalue weighted by atomic mass is 32.2. The summed E-state index contributed by atoms with van der Waals surface area (Å²) in [6, 6.07) is 4.97. The van der Waals surface area contributed by atoms with Crippen molar-refractivity contribution in [1.82, 2.24) is 4.72 Å². The molecule has 1 aromatic carbocycles. The molecule has 1 aromatic rings. The van der Waals surface area contributed by atoms with E-state index in [1.165, 1.54) is 14.2 Å². The molecule has 1 atom stereocenters. The number of nitrogens with one attached hydrogen (secondary N) is 1. The monoisotopic (exact) mass is 317 g/mol. The molecule has 0 amide bonds. The van der Waals surface area contributed by atoms with Crippen LogP contribution in [0.3, 0.4) is 0 Å². The van der Waals surface area contributed by atoms with Crippen LogP contribution in [0.25, 0.3) is 0 Å². The maximum Gasteiger partial charge on any atom is 0.211 e. The lowest BCUT2D eigenvalue weighted by molar-refractivity contribution is 0.181. The van der Waals surface area contributed by atoms with Crippen molar-refractivity contribution in [1.29, 1.82) is 0 Å². The molecule has 1 rings (SSSR count). The Balaban J connectivity index is 2.69. The number of benzene rings is 1. The summed E-state index contributed by atoms with van der Waals surface area (Å²) in [5.74, 6) is 1.11. The SMILES string of the molecule is CCCCS(=O)(=O)NCC(O)c1ccc(OC)c(OC)c1. The Bertz CT molecular complexity index is 544. The van der Waals surface area contributed by atoms with E-state index in [1.807, 2.05) is 6.92 Å². The van der Waals surface area contributed by atoms with Gasteiger partial charge in [0, 0.05) is 6.54 Å². The normalized spacial score (nSPS) is 13.0. The maximum absolute atomic E-state index is 11.7. The molecule has 0 radical (unpaired) electrons. The quantitative estimate of drug-likeness (QED) is 0.720. The van der Waals surface area contributed by atoms with Gasteiger partial charge in [-0.15, -0.1) is 0 Å². The average molecular weight is 317 g/mol. The summed E-state index contributed by atoms with van der Waals surface area (Å²) in [5, 5.41) is 10.1. The second kappa shape index (κ2) is 8.21. The van der Waals surface area contributed by atoms with Crippen LogP contribution >= 0.6 is 0 Å². The van der Waals surface area contributed by atoms with Crippen molar-refractivity contribution in [3.8, 4) is 11.5 Å². The first-order valence-electron chi connectivity index (χ1n) is 6.80. The summed E-state index contributed by atoms with van der Waals surface area (Å²) < 4.78 is 36.0. The van der Waals surface area contributed by atoms with Gasteiger partial charge in [-0.1, -0.05) is 19.4 Å². The highest BCUT2D eigenvalue weighted by Gasteiger charge is 2.15. The zero-order valence-electron chi connectivity index (χ0n) is 12.6.